The van der Waals surface area contributed by atoms with E-state index in [1.807, 2.05) is 6.26 Å². The Labute approximate surface area is 170 Å². The van der Waals surface area contributed by atoms with Gasteiger partial charge in [0.05, 0.1) is 11.1 Å². The molecule has 1 amide bonds. The summed E-state index contributed by atoms with van der Waals surface area (Å²) in [5.41, 5.74) is 0.658. The number of thioether (sulfide) groups is 1. The number of ether oxygens (including phenoxy) is 1. The first-order valence-electron chi connectivity index (χ1n) is 8.58. The Morgan fingerprint density at radius 3 is 2.59 bits per heavy atom. The third-order valence-corrected chi connectivity index (χ3v) is 4.80. The summed E-state index contributed by atoms with van der Waals surface area (Å²) < 4.78 is 10.4. The lowest BCUT2D eigenvalue weighted by Gasteiger charge is -2.10. The lowest BCUT2D eigenvalue weighted by atomic mass is 10.1. The maximum Gasteiger partial charge on any atom is 0.374 e. The Morgan fingerprint density at radius 2 is 1.86 bits per heavy atom. The second kappa shape index (κ2) is 8.74. The van der Waals surface area contributed by atoms with Crippen molar-refractivity contribution in [3.8, 4) is 0 Å². The Kier molecular flexibility index (Phi) is 6.13. The second-order valence-corrected chi connectivity index (χ2v) is 6.91. The van der Waals surface area contributed by atoms with Crippen molar-refractivity contribution in [2.24, 2.45) is 0 Å². The third-order valence-electron chi connectivity index (χ3n) is 4.00. The van der Waals surface area contributed by atoms with Gasteiger partial charge in [0.25, 0.3) is 0 Å². The normalized spacial score (nSPS) is 10.6. The fourth-order valence-corrected chi connectivity index (χ4v) is 3.19. The molecule has 0 atom stereocenters. The van der Waals surface area contributed by atoms with Gasteiger partial charge in [-0.05, 0) is 30.5 Å². The van der Waals surface area contributed by atoms with Crippen LogP contribution in [0.2, 0.25) is 0 Å². The van der Waals surface area contributed by atoms with Crippen LogP contribution in [0.15, 0.2) is 62.6 Å². The topological polar surface area (TPSA) is 103 Å². The minimum atomic E-state index is -0.913. The number of nitrogens with one attached hydrogen (secondary N) is 1. The van der Waals surface area contributed by atoms with E-state index in [2.05, 4.69) is 5.32 Å². The first-order chi connectivity index (χ1) is 13.9. The third kappa shape index (κ3) is 4.72. The van der Waals surface area contributed by atoms with E-state index in [1.54, 1.807) is 36.4 Å². The van der Waals surface area contributed by atoms with E-state index in [0.717, 1.165) is 11.0 Å². The zero-order chi connectivity index (χ0) is 21.0. The molecule has 8 heteroatoms. The number of esters is 1. The second-order valence-electron chi connectivity index (χ2n) is 6.07. The molecule has 0 aliphatic carbocycles. The molecule has 1 aromatic heterocycles. The standard InChI is InChI=1S/C21H17NO6S/c1-12(23)22-15-9-13(7-8-20(15)29-2)17(25)11-27-21(26)19-10-16(24)14-5-3-4-6-18(14)28-19/h3-10H,11H2,1-2H3,(H,22,23). The van der Waals surface area contributed by atoms with Crippen LogP contribution >= 0.6 is 11.8 Å². The predicted molar refractivity (Wildman–Crippen MR) is 110 cm³/mol. The van der Waals surface area contributed by atoms with Gasteiger partial charge in [0.15, 0.2) is 17.8 Å². The summed E-state index contributed by atoms with van der Waals surface area (Å²) in [7, 11) is 0. The molecule has 0 aliphatic heterocycles. The van der Waals surface area contributed by atoms with Crippen molar-refractivity contribution in [3.05, 3.63) is 70.1 Å². The summed E-state index contributed by atoms with van der Waals surface area (Å²) in [5.74, 6) is -1.91. The number of carbonyl (C=O) groups excluding carboxylic acids is 3. The Bertz CT molecular complexity index is 1170. The summed E-state index contributed by atoms with van der Waals surface area (Å²) in [4.78, 5) is 48.9. The van der Waals surface area contributed by atoms with Crippen LogP contribution in [0.4, 0.5) is 5.69 Å². The van der Waals surface area contributed by atoms with Crippen molar-refractivity contribution < 1.29 is 23.5 Å². The van der Waals surface area contributed by atoms with Gasteiger partial charge in [-0.2, -0.15) is 0 Å². The highest BCUT2D eigenvalue weighted by atomic mass is 32.2. The van der Waals surface area contributed by atoms with Crippen molar-refractivity contribution in [2.45, 2.75) is 11.8 Å². The number of carbonyl (C=O) groups is 3. The van der Waals surface area contributed by atoms with Crippen LogP contribution < -0.4 is 10.7 Å². The van der Waals surface area contributed by atoms with Gasteiger partial charge in [0, 0.05) is 23.4 Å². The molecule has 0 saturated carbocycles. The first kappa shape index (κ1) is 20.3. The van der Waals surface area contributed by atoms with Gasteiger partial charge in [-0.25, -0.2) is 4.79 Å². The quantitative estimate of drug-likeness (QED) is 0.376. The monoisotopic (exact) mass is 411 g/mol. The molecule has 0 bridgehead atoms. The fourth-order valence-electron chi connectivity index (χ4n) is 2.66. The molecule has 0 aliphatic rings. The highest BCUT2D eigenvalue weighted by Crippen LogP contribution is 2.26. The Morgan fingerprint density at radius 1 is 1.10 bits per heavy atom. The minimum absolute atomic E-state index is 0.255. The van der Waals surface area contributed by atoms with Crippen LogP contribution in [0.1, 0.15) is 27.8 Å². The molecular weight excluding hydrogens is 394 g/mol. The zero-order valence-electron chi connectivity index (χ0n) is 15.7. The Hall–Kier alpha value is -3.39. The summed E-state index contributed by atoms with van der Waals surface area (Å²) in [6.45, 7) is 0.839. The number of amides is 1. The number of anilines is 1. The number of Topliss-reactive ketones (excluding diaryl/α,β-unsaturated/α-hetero) is 1. The molecule has 0 saturated heterocycles. The molecule has 1 N–H and O–H groups in total. The molecule has 0 spiro atoms. The molecule has 0 radical (unpaired) electrons. The number of rotatable bonds is 6. The van der Waals surface area contributed by atoms with Gasteiger partial charge in [-0.3, -0.25) is 14.4 Å². The average molecular weight is 411 g/mol. The number of benzene rings is 2. The predicted octanol–water partition coefficient (Wildman–Crippen LogP) is 3.51. The molecule has 0 fully saturated rings. The van der Waals surface area contributed by atoms with Gasteiger partial charge in [0.2, 0.25) is 11.7 Å². The molecule has 0 unspecified atom stereocenters. The van der Waals surface area contributed by atoms with Crippen molar-refractivity contribution >= 4 is 46.1 Å². The molecule has 2 aromatic carbocycles. The van der Waals surface area contributed by atoms with Gasteiger partial charge in [-0.1, -0.05) is 18.2 Å². The lowest BCUT2D eigenvalue weighted by Crippen LogP contribution is -2.16. The van der Waals surface area contributed by atoms with Gasteiger partial charge in [0.1, 0.15) is 5.58 Å². The van der Waals surface area contributed by atoms with E-state index in [1.165, 1.54) is 24.8 Å². The molecule has 7 nitrogen and oxygen atoms in total. The largest absolute Gasteiger partial charge is 0.451 e. The van der Waals surface area contributed by atoms with Crippen LogP contribution in [-0.4, -0.2) is 30.5 Å². The number of ketones is 1. The van der Waals surface area contributed by atoms with Crippen molar-refractivity contribution in [2.75, 3.05) is 18.2 Å². The summed E-state index contributed by atoms with van der Waals surface area (Å²) in [5, 5.41) is 3.01. The van der Waals surface area contributed by atoms with Gasteiger partial charge >= 0.3 is 5.97 Å². The number of hydrogen-bond donors (Lipinski definition) is 1. The first-order valence-corrected chi connectivity index (χ1v) is 9.80. The van der Waals surface area contributed by atoms with Crippen LogP contribution in [0.5, 0.6) is 0 Å². The molecule has 3 rings (SSSR count). The van der Waals surface area contributed by atoms with Crippen LogP contribution in [-0.2, 0) is 9.53 Å². The van der Waals surface area contributed by atoms with E-state index in [4.69, 9.17) is 9.15 Å². The van der Waals surface area contributed by atoms with Crippen LogP contribution in [0.25, 0.3) is 11.0 Å². The van der Waals surface area contributed by atoms with E-state index in [9.17, 15) is 19.2 Å². The smallest absolute Gasteiger partial charge is 0.374 e. The average Bonchev–Trinajstić information content (AvgIpc) is 2.71. The molecular formula is C21H17NO6S. The fraction of sp³-hybridized carbons (Fsp3) is 0.143. The van der Waals surface area contributed by atoms with Crippen molar-refractivity contribution in [3.63, 3.8) is 0 Å². The maximum atomic E-state index is 12.4. The number of para-hydroxylation sites is 1. The maximum absolute atomic E-state index is 12.4. The van der Waals surface area contributed by atoms with E-state index < -0.39 is 18.4 Å². The summed E-state index contributed by atoms with van der Waals surface area (Å²) in [6.07, 6.45) is 1.85. The highest BCUT2D eigenvalue weighted by Gasteiger charge is 2.17. The molecule has 29 heavy (non-hydrogen) atoms. The minimum Gasteiger partial charge on any atom is -0.451 e. The molecule has 1 heterocycles. The van der Waals surface area contributed by atoms with Crippen molar-refractivity contribution in [1.82, 2.24) is 0 Å². The van der Waals surface area contributed by atoms with Crippen LogP contribution in [0, 0.1) is 0 Å². The lowest BCUT2D eigenvalue weighted by molar-refractivity contribution is -0.114. The van der Waals surface area contributed by atoms with Crippen LogP contribution in [0.3, 0.4) is 0 Å². The van der Waals surface area contributed by atoms with E-state index in [-0.39, 0.29) is 28.2 Å². The number of hydrogen-bond acceptors (Lipinski definition) is 7. The highest BCUT2D eigenvalue weighted by molar-refractivity contribution is 7.98. The molecule has 148 valence electrons. The van der Waals surface area contributed by atoms with E-state index >= 15 is 0 Å². The Balaban J connectivity index is 1.74. The van der Waals surface area contributed by atoms with Gasteiger partial charge < -0.3 is 14.5 Å². The SMILES string of the molecule is CSc1ccc(C(=O)COC(=O)c2cc(=O)c3ccccc3o2)cc1NC(C)=O. The summed E-state index contributed by atoms with van der Waals surface area (Å²) >= 11 is 1.42. The van der Waals surface area contributed by atoms with Gasteiger partial charge in [-0.15, -0.1) is 11.8 Å². The van der Waals surface area contributed by atoms with Crippen molar-refractivity contribution in [1.29, 1.82) is 0 Å². The van der Waals surface area contributed by atoms with E-state index in [0.29, 0.717) is 11.1 Å². The number of fused-ring (bicyclic) bond motifs is 1. The summed E-state index contributed by atoms with van der Waals surface area (Å²) in [6, 6.07) is 12.4. The molecule has 3 aromatic rings. The zero-order valence-corrected chi connectivity index (χ0v) is 16.5.